The van der Waals surface area contributed by atoms with Crippen LogP contribution in [0.25, 0.3) is 0 Å². The first-order valence-corrected chi connectivity index (χ1v) is 8.32. The predicted molar refractivity (Wildman–Crippen MR) is 93.6 cm³/mol. The Balaban J connectivity index is 0.00000484. The van der Waals surface area contributed by atoms with Gasteiger partial charge in [0, 0.05) is 25.6 Å². The van der Waals surface area contributed by atoms with Gasteiger partial charge in [-0.1, -0.05) is 19.1 Å². The fraction of sp³-hybridized carbons (Fsp3) is 0.611. The monoisotopic (exact) mass is 385 g/mol. The molecule has 0 aliphatic heterocycles. The Labute approximate surface area is 152 Å². The molecule has 1 unspecified atom stereocenters. The van der Waals surface area contributed by atoms with Crippen LogP contribution in [-0.4, -0.2) is 55.6 Å². The van der Waals surface area contributed by atoms with Crippen LogP contribution >= 0.6 is 0 Å². The molecule has 23 heavy (non-hydrogen) atoms. The summed E-state index contributed by atoms with van der Waals surface area (Å²) in [6, 6.07) is 8.15. The number of nitrogen functional groups attached to an aromatic ring is 1. The highest BCUT2D eigenvalue weighted by Gasteiger charge is 2.20. The Hall–Kier alpha value is -1.07. The zero-order chi connectivity index (χ0) is 16.6. The highest BCUT2D eigenvalue weighted by molar-refractivity contribution is 5.75. The quantitative estimate of drug-likeness (QED) is 0.461. The number of nitrogens with two attached hydrogens (primary N) is 1. The number of likely N-dealkylation sites (N-methyl/N-ethyl adjacent to an activating group) is 2. The van der Waals surface area contributed by atoms with Crippen molar-refractivity contribution >= 4 is 11.6 Å². The van der Waals surface area contributed by atoms with Gasteiger partial charge in [0.1, 0.15) is 0 Å². The maximum atomic E-state index is 11.7. The first-order chi connectivity index (χ1) is 10.4. The van der Waals surface area contributed by atoms with Gasteiger partial charge >= 0.3 is 0 Å². The maximum absolute atomic E-state index is 11.7. The molecule has 2 N–H and O–H groups in total. The summed E-state index contributed by atoms with van der Waals surface area (Å²) >= 11 is 0. The lowest BCUT2D eigenvalue weighted by molar-refractivity contribution is -0.907. The minimum absolute atomic E-state index is 0. The third-order valence-electron chi connectivity index (χ3n) is 4.61. The van der Waals surface area contributed by atoms with Gasteiger partial charge in [0.25, 0.3) is 0 Å². The average molecular weight is 386 g/mol. The molecule has 1 rings (SSSR count). The fourth-order valence-corrected chi connectivity index (χ4v) is 2.56. The lowest BCUT2D eigenvalue weighted by atomic mass is 10.1. The summed E-state index contributed by atoms with van der Waals surface area (Å²) in [7, 11) is 4.19. The average Bonchev–Trinajstić information content (AvgIpc) is 2.53. The van der Waals surface area contributed by atoms with E-state index in [1.54, 1.807) is 0 Å². The number of carbonyl (C=O) groups excluding carboxylic acids is 1. The lowest BCUT2D eigenvalue weighted by Gasteiger charge is -2.35. The standard InChI is InChI=1S/C18H32N3O.BrH/c1-5-18(22)20(3)13-15-21(4,6-2)14-7-8-16-9-11-17(19)12-10-16;/h9-12H,5-8,13-15,19H2,1-4H3;1H/q+1;/p-1. The van der Waals surface area contributed by atoms with Gasteiger partial charge in [0.05, 0.1) is 33.2 Å². The van der Waals surface area contributed by atoms with Gasteiger partial charge in [-0.05, 0) is 31.0 Å². The molecule has 1 amide bonds. The molecule has 0 heterocycles. The number of aryl methyl sites for hydroxylation is 1. The summed E-state index contributed by atoms with van der Waals surface area (Å²) < 4.78 is 1.01. The molecular weight excluding hydrogens is 354 g/mol. The summed E-state index contributed by atoms with van der Waals surface area (Å²) in [5, 5.41) is 0. The molecule has 132 valence electrons. The van der Waals surface area contributed by atoms with Crippen LogP contribution in [0, 0.1) is 0 Å². The molecule has 1 atom stereocenters. The van der Waals surface area contributed by atoms with Crippen molar-refractivity contribution in [1.29, 1.82) is 0 Å². The van der Waals surface area contributed by atoms with Crippen molar-refractivity contribution in [1.82, 2.24) is 4.90 Å². The van der Waals surface area contributed by atoms with E-state index in [0.717, 1.165) is 49.2 Å². The van der Waals surface area contributed by atoms with E-state index in [1.807, 2.05) is 31.0 Å². The highest BCUT2D eigenvalue weighted by atomic mass is 79.9. The number of amides is 1. The smallest absolute Gasteiger partial charge is 0.222 e. The van der Waals surface area contributed by atoms with E-state index in [-0.39, 0.29) is 22.9 Å². The van der Waals surface area contributed by atoms with E-state index in [4.69, 9.17) is 5.73 Å². The minimum Gasteiger partial charge on any atom is -1.00 e. The molecule has 0 aliphatic rings. The van der Waals surface area contributed by atoms with Gasteiger partial charge in [-0.2, -0.15) is 0 Å². The SMILES string of the molecule is CCC(=O)N(C)CC[N+](C)(CC)CCCc1ccc(N)cc1.[Br-]. The third kappa shape index (κ3) is 7.84. The summed E-state index contributed by atoms with van der Waals surface area (Å²) in [4.78, 5) is 13.5. The number of rotatable bonds is 9. The second-order valence-corrected chi connectivity index (χ2v) is 6.40. The van der Waals surface area contributed by atoms with E-state index in [9.17, 15) is 4.79 Å². The molecule has 0 radical (unpaired) electrons. The van der Waals surface area contributed by atoms with E-state index >= 15 is 0 Å². The van der Waals surface area contributed by atoms with Gasteiger partial charge in [-0.15, -0.1) is 0 Å². The van der Waals surface area contributed by atoms with Crippen LogP contribution in [0.15, 0.2) is 24.3 Å². The Morgan fingerprint density at radius 2 is 1.78 bits per heavy atom. The van der Waals surface area contributed by atoms with Gasteiger partial charge in [-0.3, -0.25) is 4.79 Å². The normalized spacial score (nSPS) is 13.0. The topological polar surface area (TPSA) is 46.3 Å². The molecule has 0 saturated carbocycles. The van der Waals surface area contributed by atoms with Crippen molar-refractivity contribution in [3.05, 3.63) is 29.8 Å². The minimum atomic E-state index is 0. The van der Waals surface area contributed by atoms with Crippen LogP contribution in [0.5, 0.6) is 0 Å². The summed E-state index contributed by atoms with van der Waals surface area (Å²) in [5.74, 6) is 0.226. The summed E-state index contributed by atoms with van der Waals surface area (Å²) in [5.41, 5.74) is 7.88. The first-order valence-electron chi connectivity index (χ1n) is 8.32. The molecule has 0 fully saturated rings. The highest BCUT2D eigenvalue weighted by Crippen LogP contribution is 2.11. The Kier molecular flexibility index (Phi) is 10.2. The number of halogens is 1. The van der Waals surface area contributed by atoms with Crippen molar-refractivity contribution in [3.63, 3.8) is 0 Å². The van der Waals surface area contributed by atoms with Crippen LogP contribution in [0.1, 0.15) is 32.3 Å². The predicted octanol–water partition coefficient (Wildman–Crippen LogP) is -0.460. The van der Waals surface area contributed by atoms with Crippen LogP contribution in [0.4, 0.5) is 5.69 Å². The van der Waals surface area contributed by atoms with E-state index < -0.39 is 0 Å². The molecule has 5 heteroatoms. The maximum Gasteiger partial charge on any atom is 0.222 e. The Morgan fingerprint density at radius 1 is 1.17 bits per heavy atom. The number of anilines is 1. The molecule has 0 saturated heterocycles. The molecule has 0 aliphatic carbocycles. The summed E-state index contributed by atoms with van der Waals surface area (Å²) in [6.07, 6.45) is 2.82. The Bertz CT molecular complexity index is 464. The third-order valence-corrected chi connectivity index (χ3v) is 4.61. The van der Waals surface area contributed by atoms with Crippen LogP contribution < -0.4 is 22.7 Å². The molecule has 0 bridgehead atoms. The zero-order valence-electron chi connectivity index (χ0n) is 15.0. The van der Waals surface area contributed by atoms with Crippen molar-refractivity contribution in [2.45, 2.75) is 33.1 Å². The van der Waals surface area contributed by atoms with Crippen LogP contribution in [0.3, 0.4) is 0 Å². The van der Waals surface area contributed by atoms with Gasteiger partial charge in [0.15, 0.2) is 0 Å². The number of carbonyl (C=O) groups is 1. The van der Waals surface area contributed by atoms with Crippen molar-refractivity contribution in [2.24, 2.45) is 0 Å². The molecular formula is C18H32BrN3O. The van der Waals surface area contributed by atoms with E-state index in [0.29, 0.717) is 6.42 Å². The van der Waals surface area contributed by atoms with Gasteiger partial charge in [-0.25, -0.2) is 0 Å². The number of hydrogen-bond donors (Lipinski definition) is 1. The van der Waals surface area contributed by atoms with Gasteiger partial charge < -0.3 is 32.1 Å². The molecule has 4 nitrogen and oxygen atoms in total. The lowest BCUT2D eigenvalue weighted by Crippen LogP contribution is -3.00. The Morgan fingerprint density at radius 3 is 2.30 bits per heavy atom. The molecule has 1 aromatic carbocycles. The molecule has 0 spiro atoms. The van der Waals surface area contributed by atoms with E-state index in [1.165, 1.54) is 5.56 Å². The number of benzene rings is 1. The number of quaternary nitrogens is 1. The van der Waals surface area contributed by atoms with E-state index in [2.05, 4.69) is 26.1 Å². The van der Waals surface area contributed by atoms with Crippen LogP contribution in [-0.2, 0) is 11.2 Å². The first kappa shape index (κ1) is 21.9. The van der Waals surface area contributed by atoms with Crippen molar-refractivity contribution < 1.29 is 26.3 Å². The fourth-order valence-electron chi connectivity index (χ4n) is 2.56. The molecule has 1 aromatic rings. The second-order valence-electron chi connectivity index (χ2n) is 6.40. The summed E-state index contributed by atoms with van der Waals surface area (Å²) in [6.45, 7) is 8.22. The van der Waals surface area contributed by atoms with Gasteiger partial charge in [0.2, 0.25) is 5.91 Å². The van der Waals surface area contributed by atoms with Crippen molar-refractivity contribution in [2.75, 3.05) is 46.0 Å². The van der Waals surface area contributed by atoms with Crippen LogP contribution in [0.2, 0.25) is 0 Å². The largest absolute Gasteiger partial charge is 1.00 e. The number of hydrogen-bond acceptors (Lipinski definition) is 2. The zero-order valence-corrected chi connectivity index (χ0v) is 16.6. The molecule has 0 aromatic heterocycles. The second kappa shape index (κ2) is 10.7. The van der Waals surface area contributed by atoms with Crippen molar-refractivity contribution in [3.8, 4) is 0 Å². The number of nitrogens with zero attached hydrogens (tertiary/aromatic N) is 2.